The van der Waals surface area contributed by atoms with Gasteiger partial charge in [-0.1, -0.05) is 12.1 Å². The van der Waals surface area contributed by atoms with E-state index in [1.54, 1.807) is 24.9 Å². The van der Waals surface area contributed by atoms with Crippen molar-refractivity contribution in [2.45, 2.75) is 13.5 Å². The maximum absolute atomic E-state index is 5.39. The molecule has 0 atom stereocenters. The first kappa shape index (κ1) is 22.0. The molecule has 0 radical (unpaired) electrons. The van der Waals surface area contributed by atoms with Gasteiger partial charge in [-0.05, 0) is 19.1 Å². The lowest BCUT2D eigenvalue weighted by Gasteiger charge is -2.35. The van der Waals surface area contributed by atoms with Crippen molar-refractivity contribution in [2.75, 3.05) is 31.1 Å². The van der Waals surface area contributed by atoms with Gasteiger partial charge in [0.05, 0.1) is 12.4 Å². The van der Waals surface area contributed by atoms with Gasteiger partial charge >= 0.3 is 0 Å². The molecule has 1 fully saturated rings. The molecule has 1 saturated heterocycles. The Morgan fingerprint density at radius 1 is 0.906 bits per heavy atom. The highest BCUT2D eigenvalue weighted by atomic mass is 35.5. The molecule has 4 aromatic rings. The van der Waals surface area contributed by atoms with E-state index in [4.69, 9.17) is 4.42 Å². The Morgan fingerprint density at radius 2 is 1.62 bits per heavy atom. The fraction of sp³-hybridized carbons (Fsp3) is 0.304. The molecule has 0 unspecified atom stereocenters. The first-order valence-electron chi connectivity index (χ1n) is 10.4. The van der Waals surface area contributed by atoms with Crippen LogP contribution in [0.1, 0.15) is 11.3 Å². The fourth-order valence-corrected chi connectivity index (χ4v) is 3.96. The standard InChI is InChI=1S/C23H25N7O.ClH/c1-17-20(15-27-28(17)2)16-29-10-12-30(13-11-29)22-21(24-7-8-25-22)18-3-5-19(6-4-18)23-26-9-14-31-23;/h3-9,14-15H,10-13,16H2,1-2H3;1H. The van der Waals surface area contributed by atoms with Gasteiger partial charge in [0.25, 0.3) is 0 Å². The normalized spacial score (nSPS) is 14.4. The predicted octanol–water partition coefficient (Wildman–Crippen LogP) is 3.58. The molecule has 1 aliphatic heterocycles. The van der Waals surface area contributed by atoms with Gasteiger partial charge in [-0.2, -0.15) is 5.10 Å². The number of oxazole rings is 1. The van der Waals surface area contributed by atoms with Crippen LogP contribution in [0.2, 0.25) is 0 Å². The second-order valence-corrected chi connectivity index (χ2v) is 7.79. The lowest BCUT2D eigenvalue weighted by atomic mass is 10.1. The number of aromatic nitrogens is 5. The summed E-state index contributed by atoms with van der Waals surface area (Å²) in [7, 11) is 1.99. The zero-order valence-electron chi connectivity index (χ0n) is 18.2. The Bertz CT molecular complexity index is 1150. The van der Waals surface area contributed by atoms with E-state index in [9.17, 15) is 0 Å². The number of hydrogen-bond donors (Lipinski definition) is 0. The van der Waals surface area contributed by atoms with Crippen molar-refractivity contribution in [3.05, 3.63) is 66.6 Å². The molecule has 5 rings (SSSR count). The van der Waals surface area contributed by atoms with Gasteiger partial charge in [-0.3, -0.25) is 14.6 Å². The second kappa shape index (κ2) is 9.50. The number of nitrogens with zero attached hydrogens (tertiary/aromatic N) is 7. The molecule has 1 aliphatic rings. The van der Waals surface area contributed by atoms with Gasteiger partial charge in [-0.25, -0.2) is 9.97 Å². The van der Waals surface area contributed by atoms with E-state index in [0.717, 1.165) is 55.4 Å². The Morgan fingerprint density at radius 3 is 2.28 bits per heavy atom. The van der Waals surface area contributed by atoms with E-state index >= 15 is 0 Å². The lowest BCUT2D eigenvalue weighted by molar-refractivity contribution is 0.249. The van der Waals surface area contributed by atoms with Crippen LogP contribution in [0.4, 0.5) is 5.82 Å². The summed E-state index contributed by atoms with van der Waals surface area (Å²) in [6.45, 7) is 6.85. The number of piperazine rings is 1. The number of hydrogen-bond acceptors (Lipinski definition) is 7. The molecule has 3 aromatic heterocycles. The van der Waals surface area contributed by atoms with Gasteiger partial charge in [0.2, 0.25) is 5.89 Å². The Kier molecular flexibility index (Phi) is 6.53. The molecule has 0 aliphatic carbocycles. The van der Waals surface area contributed by atoms with Crippen molar-refractivity contribution in [3.8, 4) is 22.7 Å². The average molecular weight is 452 g/mol. The van der Waals surface area contributed by atoms with Gasteiger partial charge in [0.1, 0.15) is 12.0 Å². The summed E-state index contributed by atoms with van der Waals surface area (Å²) in [5, 5.41) is 4.36. The molecular weight excluding hydrogens is 426 g/mol. The van der Waals surface area contributed by atoms with Crippen LogP contribution in [0.3, 0.4) is 0 Å². The van der Waals surface area contributed by atoms with Crippen molar-refractivity contribution in [3.63, 3.8) is 0 Å². The molecule has 8 nitrogen and oxygen atoms in total. The molecule has 4 heterocycles. The molecule has 0 bridgehead atoms. The van der Waals surface area contributed by atoms with Gasteiger partial charge in [0, 0.05) is 74.5 Å². The molecule has 0 saturated carbocycles. The minimum atomic E-state index is 0. The number of halogens is 1. The first-order valence-corrected chi connectivity index (χ1v) is 10.4. The maximum Gasteiger partial charge on any atom is 0.225 e. The lowest BCUT2D eigenvalue weighted by Crippen LogP contribution is -2.46. The fourth-order valence-electron chi connectivity index (χ4n) is 3.96. The summed E-state index contributed by atoms with van der Waals surface area (Å²) in [4.78, 5) is 18.3. The number of anilines is 1. The van der Waals surface area contributed by atoms with Crippen molar-refractivity contribution in [2.24, 2.45) is 7.05 Å². The topological polar surface area (TPSA) is 76.1 Å². The smallest absolute Gasteiger partial charge is 0.225 e. The summed E-state index contributed by atoms with van der Waals surface area (Å²) in [5.41, 5.74) is 5.40. The number of aryl methyl sites for hydroxylation is 1. The molecular formula is C23H26ClN7O. The van der Waals surface area contributed by atoms with E-state index in [2.05, 4.69) is 48.9 Å². The van der Waals surface area contributed by atoms with Gasteiger partial charge < -0.3 is 9.32 Å². The average Bonchev–Trinajstić information content (AvgIpc) is 3.46. The monoisotopic (exact) mass is 451 g/mol. The van der Waals surface area contributed by atoms with E-state index < -0.39 is 0 Å². The van der Waals surface area contributed by atoms with Crippen molar-refractivity contribution in [1.29, 1.82) is 0 Å². The van der Waals surface area contributed by atoms with Crippen LogP contribution in [0.5, 0.6) is 0 Å². The van der Waals surface area contributed by atoms with Crippen LogP contribution >= 0.6 is 12.4 Å². The largest absolute Gasteiger partial charge is 0.445 e. The van der Waals surface area contributed by atoms with Crippen molar-refractivity contribution >= 4 is 18.2 Å². The first-order chi connectivity index (χ1) is 15.2. The molecule has 0 spiro atoms. The highest BCUT2D eigenvalue weighted by Crippen LogP contribution is 2.29. The third kappa shape index (κ3) is 4.37. The second-order valence-electron chi connectivity index (χ2n) is 7.79. The Hall–Kier alpha value is -3.23. The van der Waals surface area contributed by atoms with Gasteiger partial charge in [0.15, 0.2) is 5.82 Å². The van der Waals surface area contributed by atoms with Crippen LogP contribution in [-0.4, -0.2) is 55.8 Å². The summed E-state index contributed by atoms with van der Waals surface area (Å²) in [6, 6.07) is 8.12. The summed E-state index contributed by atoms with van der Waals surface area (Å²) < 4.78 is 7.32. The maximum atomic E-state index is 5.39. The highest BCUT2D eigenvalue weighted by molar-refractivity contribution is 5.85. The summed E-state index contributed by atoms with van der Waals surface area (Å²) >= 11 is 0. The van der Waals surface area contributed by atoms with Gasteiger partial charge in [-0.15, -0.1) is 12.4 Å². The van der Waals surface area contributed by atoms with E-state index in [1.807, 2.05) is 30.1 Å². The van der Waals surface area contributed by atoms with Crippen LogP contribution in [0.25, 0.3) is 22.7 Å². The predicted molar refractivity (Wildman–Crippen MR) is 126 cm³/mol. The third-order valence-electron chi connectivity index (χ3n) is 5.92. The van der Waals surface area contributed by atoms with Crippen LogP contribution in [-0.2, 0) is 13.6 Å². The number of rotatable bonds is 5. The minimum Gasteiger partial charge on any atom is -0.445 e. The molecule has 0 N–H and O–H groups in total. The molecule has 0 amide bonds. The van der Waals surface area contributed by atoms with Crippen LogP contribution in [0, 0.1) is 6.92 Å². The number of benzene rings is 1. The van der Waals surface area contributed by atoms with E-state index in [-0.39, 0.29) is 12.4 Å². The summed E-state index contributed by atoms with van der Waals surface area (Å²) in [5.74, 6) is 1.55. The zero-order valence-corrected chi connectivity index (χ0v) is 19.0. The van der Waals surface area contributed by atoms with Crippen LogP contribution < -0.4 is 4.90 Å². The van der Waals surface area contributed by atoms with E-state index in [1.165, 1.54) is 11.3 Å². The Labute approximate surface area is 193 Å². The Balaban J connectivity index is 0.00000245. The van der Waals surface area contributed by atoms with Crippen molar-refractivity contribution < 1.29 is 4.42 Å². The van der Waals surface area contributed by atoms with E-state index in [0.29, 0.717) is 5.89 Å². The SMILES string of the molecule is Cc1c(CN2CCN(c3nccnc3-c3ccc(-c4ncco4)cc3)CC2)cnn1C.Cl. The quantitative estimate of drug-likeness (QED) is 0.459. The molecule has 9 heteroatoms. The zero-order chi connectivity index (χ0) is 21.2. The molecule has 32 heavy (non-hydrogen) atoms. The van der Waals surface area contributed by atoms with Crippen LogP contribution in [0.15, 0.2) is 59.7 Å². The third-order valence-corrected chi connectivity index (χ3v) is 5.92. The molecule has 1 aromatic carbocycles. The van der Waals surface area contributed by atoms with Crippen molar-refractivity contribution in [1.82, 2.24) is 29.6 Å². The summed E-state index contributed by atoms with van der Waals surface area (Å²) in [6.07, 6.45) is 8.73. The molecule has 166 valence electrons. The minimum absolute atomic E-state index is 0. The highest BCUT2D eigenvalue weighted by Gasteiger charge is 2.22.